The molecule has 0 spiro atoms. The van der Waals surface area contributed by atoms with Gasteiger partial charge in [-0.25, -0.2) is 13.1 Å². The van der Waals surface area contributed by atoms with Crippen molar-refractivity contribution < 1.29 is 8.42 Å². The van der Waals surface area contributed by atoms with Gasteiger partial charge in [0.1, 0.15) is 0 Å². The van der Waals surface area contributed by atoms with Crippen LogP contribution >= 0.6 is 0 Å². The minimum Gasteiger partial charge on any atom is -0.212 e. The molecule has 1 aliphatic rings. The Kier molecular flexibility index (Phi) is 6.64. The zero-order chi connectivity index (χ0) is 13.6. The molecule has 0 aromatic rings. The van der Waals surface area contributed by atoms with Gasteiger partial charge in [-0.15, -0.1) is 0 Å². The van der Waals surface area contributed by atoms with E-state index < -0.39 is 10.0 Å². The fraction of sp³-hybridized carbons (Fsp3) is 1.00. The average molecular weight is 275 g/mol. The van der Waals surface area contributed by atoms with Crippen LogP contribution in [0.4, 0.5) is 0 Å². The van der Waals surface area contributed by atoms with E-state index in [4.69, 9.17) is 0 Å². The van der Waals surface area contributed by atoms with E-state index in [0.29, 0.717) is 17.6 Å². The average Bonchev–Trinajstić information content (AvgIpc) is 2.26. The van der Waals surface area contributed by atoms with E-state index in [9.17, 15) is 8.42 Å². The van der Waals surface area contributed by atoms with Crippen LogP contribution in [0.1, 0.15) is 65.7 Å². The van der Waals surface area contributed by atoms with Gasteiger partial charge in [-0.1, -0.05) is 33.1 Å². The zero-order valence-electron chi connectivity index (χ0n) is 12.1. The first-order valence-corrected chi connectivity index (χ1v) is 9.04. The molecule has 3 nitrogen and oxygen atoms in total. The van der Waals surface area contributed by atoms with Crippen LogP contribution in [-0.4, -0.2) is 20.2 Å². The Morgan fingerprint density at radius 1 is 1.06 bits per heavy atom. The largest absolute Gasteiger partial charge is 0.212 e. The molecule has 0 bridgehead atoms. The molecule has 0 heterocycles. The Morgan fingerprint density at radius 3 is 2.22 bits per heavy atom. The van der Waals surface area contributed by atoms with Crippen LogP contribution in [0.15, 0.2) is 0 Å². The van der Waals surface area contributed by atoms with E-state index in [1.54, 1.807) is 0 Å². The van der Waals surface area contributed by atoms with E-state index in [0.717, 1.165) is 25.7 Å². The number of sulfonamides is 1. The molecule has 0 aliphatic heterocycles. The Morgan fingerprint density at radius 2 is 1.67 bits per heavy atom. The van der Waals surface area contributed by atoms with Crippen molar-refractivity contribution in [3.63, 3.8) is 0 Å². The monoisotopic (exact) mass is 275 g/mol. The molecule has 108 valence electrons. The molecule has 0 aromatic carbocycles. The standard InChI is InChI=1S/C14H29NO2S/c1-12(2)9-10-13(3)15-18(16,17)11-14-7-5-4-6-8-14/h12-15H,4-11H2,1-3H3. The summed E-state index contributed by atoms with van der Waals surface area (Å²) in [6, 6.07) is 0.0704. The second-order valence-electron chi connectivity index (χ2n) is 6.28. The molecule has 1 N–H and O–H groups in total. The molecule has 1 atom stereocenters. The number of nitrogens with one attached hydrogen (secondary N) is 1. The highest BCUT2D eigenvalue weighted by Crippen LogP contribution is 2.24. The van der Waals surface area contributed by atoms with E-state index in [1.807, 2.05) is 6.92 Å². The Bertz CT molecular complexity index is 319. The van der Waals surface area contributed by atoms with E-state index >= 15 is 0 Å². The second kappa shape index (κ2) is 7.49. The molecule has 4 heteroatoms. The molecule has 0 aromatic heterocycles. The summed E-state index contributed by atoms with van der Waals surface area (Å²) in [7, 11) is -3.08. The lowest BCUT2D eigenvalue weighted by Gasteiger charge is -2.23. The first-order valence-electron chi connectivity index (χ1n) is 7.39. The van der Waals surface area contributed by atoms with Crippen molar-refractivity contribution in [2.75, 3.05) is 5.75 Å². The summed E-state index contributed by atoms with van der Waals surface area (Å²) in [4.78, 5) is 0. The zero-order valence-corrected chi connectivity index (χ0v) is 12.9. The van der Waals surface area contributed by atoms with Gasteiger partial charge in [-0.05, 0) is 44.4 Å². The quantitative estimate of drug-likeness (QED) is 0.775. The molecule has 0 saturated heterocycles. The van der Waals surface area contributed by atoms with Crippen LogP contribution in [-0.2, 0) is 10.0 Å². The minimum absolute atomic E-state index is 0.0704. The molecule has 18 heavy (non-hydrogen) atoms. The highest BCUT2D eigenvalue weighted by Gasteiger charge is 2.22. The van der Waals surface area contributed by atoms with Crippen LogP contribution in [0.25, 0.3) is 0 Å². The first-order chi connectivity index (χ1) is 8.39. The van der Waals surface area contributed by atoms with E-state index in [-0.39, 0.29) is 6.04 Å². The van der Waals surface area contributed by atoms with Crippen molar-refractivity contribution in [2.24, 2.45) is 11.8 Å². The molecule has 0 amide bonds. The third kappa shape index (κ3) is 6.74. The number of hydrogen-bond acceptors (Lipinski definition) is 2. The van der Waals surface area contributed by atoms with Crippen LogP contribution < -0.4 is 4.72 Å². The summed E-state index contributed by atoms with van der Waals surface area (Å²) in [5.74, 6) is 1.35. The molecular weight excluding hydrogens is 246 g/mol. The summed E-state index contributed by atoms with van der Waals surface area (Å²) in [5.41, 5.74) is 0. The van der Waals surface area contributed by atoms with Crippen molar-refractivity contribution in [3.8, 4) is 0 Å². The molecule has 0 radical (unpaired) electrons. The van der Waals surface area contributed by atoms with Crippen LogP contribution in [0.2, 0.25) is 0 Å². The third-order valence-corrected chi connectivity index (χ3v) is 5.41. The molecule has 1 saturated carbocycles. The van der Waals surface area contributed by atoms with Gasteiger partial charge in [0.2, 0.25) is 10.0 Å². The molecule has 1 rings (SSSR count). The fourth-order valence-electron chi connectivity index (χ4n) is 2.66. The topological polar surface area (TPSA) is 46.2 Å². The summed E-state index contributed by atoms with van der Waals surface area (Å²) in [6.07, 6.45) is 7.85. The lowest BCUT2D eigenvalue weighted by atomic mass is 9.91. The van der Waals surface area contributed by atoms with Gasteiger partial charge < -0.3 is 0 Å². The Labute approximate surface area is 113 Å². The Hall–Kier alpha value is -0.0900. The van der Waals surface area contributed by atoms with Gasteiger partial charge in [0, 0.05) is 6.04 Å². The predicted molar refractivity (Wildman–Crippen MR) is 77.0 cm³/mol. The maximum Gasteiger partial charge on any atom is 0.212 e. The van der Waals surface area contributed by atoms with Gasteiger partial charge in [-0.2, -0.15) is 0 Å². The van der Waals surface area contributed by atoms with Gasteiger partial charge in [-0.3, -0.25) is 0 Å². The van der Waals surface area contributed by atoms with E-state index in [2.05, 4.69) is 18.6 Å². The maximum absolute atomic E-state index is 12.0. The highest BCUT2D eigenvalue weighted by atomic mass is 32.2. The second-order valence-corrected chi connectivity index (χ2v) is 8.07. The normalized spacial score (nSPS) is 20.2. The maximum atomic E-state index is 12.0. The van der Waals surface area contributed by atoms with Crippen molar-refractivity contribution >= 4 is 10.0 Å². The Balaban J connectivity index is 2.33. The SMILES string of the molecule is CC(C)CCC(C)NS(=O)(=O)CC1CCCCC1. The fourth-order valence-corrected chi connectivity index (χ4v) is 4.44. The number of hydrogen-bond donors (Lipinski definition) is 1. The summed E-state index contributed by atoms with van der Waals surface area (Å²) >= 11 is 0. The molecule has 1 aliphatic carbocycles. The van der Waals surface area contributed by atoms with Crippen molar-refractivity contribution in [3.05, 3.63) is 0 Å². The summed E-state index contributed by atoms with van der Waals surface area (Å²) in [5, 5.41) is 0. The van der Waals surface area contributed by atoms with Crippen LogP contribution in [0.3, 0.4) is 0 Å². The van der Waals surface area contributed by atoms with Crippen LogP contribution in [0, 0.1) is 11.8 Å². The van der Waals surface area contributed by atoms with Crippen molar-refractivity contribution in [2.45, 2.75) is 71.8 Å². The summed E-state index contributed by atoms with van der Waals surface area (Å²) < 4.78 is 26.9. The lowest BCUT2D eigenvalue weighted by Crippen LogP contribution is -2.36. The molecule has 1 fully saturated rings. The molecular formula is C14H29NO2S. The van der Waals surface area contributed by atoms with Gasteiger partial charge >= 0.3 is 0 Å². The first kappa shape index (κ1) is 16.0. The lowest BCUT2D eigenvalue weighted by molar-refractivity contribution is 0.382. The summed E-state index contributed by atoms with van der Waals surface area (Å²) in [6.45, 7) is 6.31. The van der Waals surface area contributed by atoms with Crippen molar-refractivity contribution in [1.29, 1.82) is 0 Å². The predicted octanol–water partition coefficient (Wildman–Crippen LogP) is 3.31. The van der Waals surface area contributed by atoms with Gasteiger partial charge in [0.15, 0.2) is 0 Å². The van der Waals surface area contributed by atoms with Crippen molar-refractivity contribution in [1.82, 2.24) is 4.72 Å². The third-order valence-electron chi connectivity index (χ3n) is 3.74. The van der Waals surface area contributed by atoms with Gasteiger partial charge in [0.05, 0.1) is 5.75 Å². The van der Waals surface area contributed by atoms with Crippen LogP contribution in [0.5, 0.6) is 0 Å². The molecule has 1 unspecified atom stereocenters. The smallest absolute Gasteiger partial charge is 0.212 e. The number of rotatable bonds is 7. The minimum atomic E-state index is -3.08. The highest BCUT2D eigenvalue weighted by molar-refractivity contribution is 7.89. The van der Waals surface area contributed by atoms with E-state index in [1.165, 1.54) is 19.3 Å². The van der Waals surface area contributed by atoms with Gasteiger partial charge in [0.25, 0.3) is 0 Å².